The van der Waals surface area contributed by atoms with E-state index in [9.17, 15) is 19.2 Å². The fraction of sp³-hybridized carbons (Fsp3) is 0.625. The van der Waals surface area contributed by atoms with Gasteiger partial charge in [0.25, 0.3) is 0 Å². The Morgan fingerprint density at radius 1 is 0.837 bits per heavy atom. The third-order valence-corrected chi connectivity index (χ3v) is 8.20. The number of hydrogen-bond acceptors (Lipinski definition) is 7. The number of hydrogen-bond donors (Lipinski definition) is 4. The van der Waals surface area contributed by atoms with Crippen molar-refractivity contribution in [2.45, 2.75) is 83.1 Å². The zero-order chi connectivity index (χ0) is 31.4. The second-order valence-corrected chi connectivity index (χ2v) is 11.2. The Bertz CT molecular complexity index is 1150. The molecule has 0 saturated carbocycles. The van der Waals surface area contributed by atoms with E-state index < -0.39 is 24.2 Å². The number of carbonyl (C=O) groups excluding carboxylic acids is 4. The second kappa shape index (κ2) is 17.0. The highest BCUT2D eigenvalue weighted by atomic mass is 16.5. The molecular weight excluding hydrogens is 548 g/mol. The first-order valence-electron chi connectivity index (χ1n) is 15.4. The van der Waals surface area contributed by atoms with Crippen molar-refractivity contribution in [2.75, 3.05) is 46.9 Å². The normalized spacial score (nSPS) is 18.2. The maximum atomic E-state index is 13.3. The van der Waals surface area contributed by atoms with Crippen molar-refractivity contribution in [3.8, 4) is 11.8 Å². The summed E-state index contributed by atoms with van der Waals surface area (Å²) in [6.07, 6.45) is 3.86. The van der Waals surface area contributed by atoms with Gasteiger partial charge in [-0.25, -0.2) is 0 Å². The zero-order valence-corrected chi connectivity index (χ0v) is 26.2. The Balaban J connectivity index is 1.66. The SMILES string of the molecule is CC[C@H](NC)C(=O)N[C@H](C(=O)N1CCCC1)c1ccc(C#CCO[C@H](C)[C@H](NC(=O)[C@H](C)NC)C(=O)N2CCCC2)cc1. The largest absolute Gasteiger partial charge is 0.363 e. The Morgan fingerprint density at radius 3 is 1.95 bits per heavy atom. The van der Waals surface area contributed by atoms with Gasteiger partial charge in [0, 0.05) is 31.7 Å². The number of nitrogens with zero attached hydrogens (tertiary/aromatic N) is 2. The minimum atomic E-state index is -0.807. The van der Waals surface area contributed by atoms with Gasteiger partial charge in [-0.2, -0.15) is 0 Å². The summed E-state index contributed by atoms with van der Waals surface area (Å²) in [7, 11) is 3.42. The average molecular weight is 597 g/mol. The summed E-state index contributed by atoms with van der Waals surface area (Å²) < 4.78 is 5.90. The van der Waals surface area contributed by atoms with Gasteiger partial charge in [-0.15, -0.1) is 0 Å². The Morgan fingerprint density at radius 2 is 1.42 bits per heavy atom. The second-order valence-electron chi connectivity index (χ2n) is 11.2. The highest BCUT2D eigenvalue weighted by Crippen LogP contribution is 2.20. The van der Waals surface area contributed by atoms with Gasteiger partial charge in [-0.05, 0) is 77.7 Å². The van der Waals surface area contributed by atoms with Gasteiger partial charge in [-0.1, -0.05) is 30.9 Å². The van der Waals surface area contributed by atoms with Crippen LogP contribution in [0.5, 0.6) is 0 Å². The molecule has 0 aromatic heterocycles. The number of rotatable bonds is 13. The van der Waals surface area contributed by atoms with Crippen LogP contribution in [0.3, 0.4) is 0 Å². The minimum Gasteiger partial charge on any atom is -0.363 e. The van der Waals surface area contributed by atoms with E-state index >= 15 is 0 Å². The molecule has 0 bridgehead atoms. The lowest BCUT2D eigenvalue weighted by molar-refractivity contribution is -0.139. The van der Waals surface area contributed by atoms with Crippen LogP contribution in [-0.4, -0.2) is 105 Å². The molecule has 3 rings (SSSR count). The van der Waals surface area contributed by atoms with E-state index in [1.54, 1.807) is 37.7 Å². The molecule has 2 fully saturated rings. The summed E-state index contributed by atoms with van der Waals surface area (Å²) in [5, 5.41) is 11.7. The summed E-state index contributed by atoms with van der Waals surface area (Å²) in [4.78, 5) is 55.5. The number of nitrogens with one attached hydrogen (secondary N) is 4. The van der Waals surface area contributed by atoms with Gasteiger partial charge in [-0.3, -0.25) is 19.2 Å². The molecule has 2 aliphatic heterocycles. The molecule has 11 nitrogen and oxygen atoms in total. The average Bonchev–Trinajstić information content (AvgIpc) is 3.76. The van der Waals surface area contributed by atoms with Crippen LogP contribution in [-0.2, 0) is 23.9 Å². The summed E-state index contributed by atoms with van der Waals surface area (Å²) in [5.74, 6) is 5.32. The number of amides is 4. The van der Waals surface area contributed by atoms with Crippen LogP contribution in [0.15, 0.2) is 24.3 Å². The predicted molar refractivity (Wildman–Crippen MR) is 165 cm³/mol. The molecule has 2 heterocycles. The number of benzene rings is 1. The molecular formula is C32H48N6O5. The van der Waals surface area contributed by atoms with Crippen LogP contribution in [0.1, 0.15) is 70.0 Å². The Labute approximate surface area is 255 Å². The minimum absolute atomic E-state index is 0.0682. The van der Waals surface area contributed by atoms with Crippen LogP contribution in [0.2, 0.25) is 0 Å². The van der Waals surface area contributed by atoms with Gasteiger partial charge >= 0.3 is 0 Å². The van der Waals surface area contributed by atoms with Crippen molar-refractivity contribution in [1.29, 1.82) is 0 Å². The summed E-state index contributed by atoms with van der Waals surface area (Å²) in [5.41, 5.74) is 1.42. The smallest absolute Gasteiger partial charge is 0.249 e. The molecule has 11 heteroatoms. The van der Waals surface area contributed by atoms with Gasteiger partial charge in [0.2, 0.25) is 23.6 Å². The van der Waals surface area contributed by atoms with Crippen LogP contribution in [0.4, 0.5) is 0 Å². The van der Waals surface area contributed by atoms with Gasteiger partial charge in [0.1, 0.15) is 18.7 Å². The van der Waals surface area contributed by atoms with E-state index in [1.165, 1.54) is 0 Å². The summed E-state index contributed by atoms with van der Waals surface area (Å²) in [6.45, 7) is 8.23. The highest BCUT2D eigenvalue weighted by Gasteiger charge is 2.33. The molecule has 1 aromatic carbocycles. The van der Waals surface area contributed by atoms with E-state index in [2.05, 4.69) is 33.1 Å². The molecule has 4 amide bonds. The van der Waals surface area contributed by atoms with Crippen LogP contribution >= 0.6 is 0 Å². The van der Waals surface area contributed by atoms with Crippen molar-refractivity contribution in [3.63, 3.8) is 0 Å². The molecule has 2 saturated heterocycles. The third-order valence-electron chi connectivity index (χ3n) is 8.20. The number of likely N-dealkylation sites (tertiary alicyclic amines) is 2. The standard InChI is InChI=1S/C32H48N6O5/c1-6-26(34-5)30(40)36-28(32(42)38-19-9-10-20-38)25-15-13-24(14-16-25)12-11-21-43-23(3)27(35-29(39)22(2)33-4)31(41)37-17-7-8-18-37/h13-16,22-23,26-28,33-34H,6-10,17-21H2,1-5H3,(H,35,39)(H,36,40)/t22-,23+,26-,27-,28-/m0/s1. The Hall–Kier alpha value is -3.46. The van der Waals surface area contributed by atoms with E-state index in [-0.39, 0.29) is 36.3 Å². The summed E-state index contributed by atoms with van der Waals surface area (Å²) in [6, 6.07) is 4.85. The molecule has 43 heavy (non-hydrogen) atoms. The molecule has 0 spiro atoms. The van der Waals surface area contributed by atoms with E-state index in [4.69, 9.17) is 4.74 Å². The van der Waals surface area contributed by atoms with Crippen molar-refractivity contribution in [2.24, 2.45) is 0 Å². The monoisotopic (exact) mass is 596 g/mol. The van der Waals surface area contributed by atoms with Crippen LogP contribution < -0.4 is 21.3 Å². The molecule has 5 atom stereocenters. The van der Waals surface area contributed by atoms with E-state index in [1.807, 2.05) is 31.2 Å². The summed E-state index contributed by atoms with van der Waals surface area (Å²) >= 11 is 0. The number of likely N-dealkylation sites (N-methyl/N-ethyl adjacent to an activating group) is 2. The van der Waals surface area contributed by atoms with Crippen LogP contribution in [0, 0.1) is 11.8 Å². The fourth-order valence-electron chi connectivity index (χ4n) is 5.26. The number of ether oxygens (including phenoxy) is 1. The highest BCUT2D eigenvalue weighted by molar-refractivity contribution is 5.91. The van der Waals surface area contributed by atoms with Gasteiger partial charge < -0.3 is 35.8 Å². The van der Waals surface area contributed by atoms with Crippen LogP contribution in [0.25, 0.3) is 0 Å². The first-order chi connectivity index (χ1) is 20.7. The van der Waals surface area contributed by atoms with Crippen molar-refractivity contribution in [3.05, 3.63) is 35.4 Å². The quantitative estimate of drug-likeness (QED) is 0.249. The van der Waals surface area contributed by atoms with E-state index in [0.29, 0.717) is 38.2 Å². The first-order valence-corrected chi connectivity index (χ1v) is 15.4. The molecule has 1 aromatic rings. The lowest BCUT2D eigenvalue weighted by Crippen LogP contribution is -2.56. The maximum absolute atomic E-state index is 13.3. The molecule has 0 unspecified atom stereocenters. The van der Waals surface area contributed by atoms with Gasteiger partial charge in [0.05, 0.1) is 18.2 Å². The first kappa shape index (κ1) is 34.0. The van der Waals surface area contributed by atoms with Crippen molar-refractivity contribution >= 4 is 23.6 Å². The fourth-order valence-corrected chi connectivity index (χ4v) is 5.26. The van der Waals surface area contributed by atoms with Crippen molar-refractivity contribution in [1.82, 2.24) is 31.1 Å². The molecule has 0 radical (unpaired) electrons. The van der Waals surface area contributed by atoms with E-state index in [0.717, 1.165) is 31.2 Å². The molecule has 236 valence electrons. The lowest BCUT2D eigenvalue weighted by Gasteiger charge is -2.29. The lowest BCUT2D eigenvalue weighted by atomic mass is 10.0. The van der Waals surface area contributed by atoms with Gasteiger partial charge in [0.15, 0.2) is 0 Å². The zero-order valence-electron chi connectivity index (χ0n) is 26.2. The molecule has 0 aliphatic carbocycles. The Kier molecular flexibility index (Phi) is 13.4. The van der Waals surface area contributed by atoms with Crippen molar-refractivity contribution < 1.29 is 23.9 Å². The molecule has 4 N–H and O–H groups in total. The third kappa shape index (κ3) is 9.51. The maximum Gasteiger partial charge on any atom is 0.249 e. The predicted octanol–water partition coefficient (Wildman–Crippen LogP) is 0.936. The number of carbonyl (C=O) groups is 4. The topological polar surface area (TPSA) is 132 Å². The molecule has 2 aliphatic rings.